The molecule has 2 heterocycles. The van der Waals surface area contributed by atoms with Crippen molar-refractivity contribution in [1.82, 2.24) is 4.90 Å². The van der Waals surface area contributed by atoms with E-state index in [2.05, 4.69) is 58.8 Å². The Kier molecular flexibility index (Phi) is 9.30. The van der Waals surface area contributed by atoms with Crippen LogP contribution in [-0.4, -0.2) is 60.5 Å². The van der Waals surface area contributed by atoms with Gasteiger partial charge in [0.15, 0.2) is 0 Å². The lowest BCUT2D eigenvalue weighted by atomic mass is 9.94. The number of nitrogens with zero attached hydrogens (tertiary/aromatic N) is 1. The summed E-state index contributed by atoms with van der Waals surface area (Å²) in [7, 11) is 0. The van der Waals surface area contributed by atoms with Gasteiger partial charge in [-0.25, -0.2) is 0 Å². The van der Waals surface area contributed by atoms with E-state index in [0.717, 1.165) is 37.9 Å². The van der Waals surface area contributed by atoms with E-state index in [-0.39, 0.29) is 24.0 Å². The van der Waals surface area contributed by atoms with Crippen molar-refractivity contribution >= 4 is 17.2 Å². The molecule has 7 heteroatoms. The van der Waals surface area contributed by atoms with Gasteiger partial charge in [-0.2, -0.15) is 0 Å². The highest BCUT2D eigenvalue weighted by molar-refractivity contribution is 7.13. The Hall–Kier alpha value is -2.03. The van der Waals surface area contributed by atoms with E-state index in [9.17, 15) is 9.90 Å². The number of allylic oxidation sites excluding steroid dienone is 2. The van der Waals surface area contributed by atoms with Crippen LogP contribution in [0.5, 0.6) is 0 Å². The van der Waals surface area contributed by atoms with Crippen molar-refractivity contribution < 1.29 is 19.4 Å². The summed E-state index contributed by atoms with van der Waals surface area (Å²) in [5, 5.41) is 13.1. The Morgan fingerprint density at radius 1 is 1.21 bits per heavy atom. The normalized spacial score (nSPS) is 25.8. The van der Waals surface area contributed by atoms with Gasteiger partial charge in [0.05, 0.1) is 32.0 Å². The highest BCUT2D eigenvalue weighted by atomic mass is 32.1. The monoisotopic (exact) mass is 484 g/mol. The van der Waals surface area contributed by atoms with Gasteiger partial charge < -0.3 is 20.3 Å². The number of carbonyl (C=O) groups excluding carboxylic acids is 1. The smallest absolute Gasteiger partial charge is 0.217 e. The van der Waals surface area contributed by atoms with Gasteiger partial charge in [0.1, 0.15) is 0 Å². The van der Waals surface area contributed by atoms with E-state index in [1.165, 1.54) is 10.4 Å². The molecule has 1 saturated heterocycles. The number of ether oxygens (including phenoxy) is 2. The first-order valence-corrected chi connectivity index (χ1v) is 13.2. The molecule has 2 fully saturated rings. The lowest BCUT2D eigenvalue weighted by Crippen LogP contribution is -2.50. The minimum absolute atomic E-state index is 0.00455. The Bertz CT molecular complexity index is 909. The number of benzene rings is 1. The molecule has 6 nitrogen and oxygen atoms in total. The van der Waals surface area contributed by atoms with Crippen LogP contribution in [0, 0.1) is 5.92 Å². The van der Waals surface area contributed by atoms with E-state index in [0.29, 0.717) is 32.7 Å². The summed E-state index contributed by atoms with van der Waals surface area (Å²) in [4.78, 5) is 14.6. The van der Waals surface area contributed by atoms with Crippen molar-refractivity contribution in [2.75, 3.05) is 26.3 Å². The molecule has 1 aromatic heterocycles. The van der Waals surface area contributed by atoms with Gasteiger partial charge in [-0.15, -0.1) is 11.3 Å². The Morgan fingerprint density at radius 2 is 2.00 bits per heavy atom. The standard InChI is InChI=1S/C27H36N2O4S/c28-26(31)8-4-2-1-3-6-22-24(18-23(30)27(22)29-13-15-32-16-14-29)33-19-20-9-11-21(12-10-20)25-7-5-17-34-25/h1,3,5,7,9-12,17,22-24,27,30H,2,4,6,8,13-16,18-19H2,(H2,28,31)/b3-1-/t22-,23+,24-,27+/m0/s1. The topological polar surface area (TPSA) is 85.0 Å². The second-order valence-electron chi connectivity index (χ2n) is 9.20. The van der Waals surface area contributed by atoms with Gasteiger partial charge in [-0.3, -0.25) is 9.69 Å². The SMILES string of the molecule is NC(=O)CCC/C=C\C[C@@H]1[C@@H](N2CCOCC2)[C@H](O)C[C@@H]1OCc1ccc(-c2cccs2)cc1. The van der Waals surface area contributed by atoms with Crippen molar-refractivity contribution in [1.29, 1.82) is 0 Å². The summed E-state index contributed by atoms with van der Waals surface area (Å²) in [5.41, 5.74) is 7.60. The zero-order valence-corrected chi connectivity index (χ0v) is 20.5. The first kappa shape index (κ1) is 25.1. The van der Waals surface area contributed by atoms with Gasteiger partial charge in [0.25, 0.3) is 0 Å². The number of aliphatic hydroxyl groups excluding tert-OH is 1. The summed E-state index contributed by atoms with van der Waals surface area (Å²) in [6.45, 7) is 3.65. The Balaban J connectivity index is 1.38. The molecule has 0 bridgehead atoms. The van der Waals surface area contributed by atoms with Crippen LogP contribution >= 0.6 is 11.3 Å². The van der Waals surface area contributed by atoms with E-state index < -0.39 is 6.10 Å². The number of thiophene rings is 1. The Labute approximate surface area is 206 Å². The fourth-order valence-corrected chi connectivity index (χ4v) is 5.84. The number of rotatable bonds is 11. The van der Waals surface area contributed by atoms with Crippen LogP contribution in [0.2, 0.25) is 0 Å². The number of carbonyl (C=O) groups is 1. The predicted molar refractivity (Wildman–Crippen MR) is 135 cm³/mol. The van der Waals surface area contributed by atoms with E-state index in [4.69, 9.17) is 15.2 Å². The number of aliphatic hydroxyl groups is 1. The summed E-state index contributed by atoms with van der Waals surface area (Å²) < 4.78 is 12.0. The molecule has 2 aromatic rings. The Morgan fingerprint density at radius 3 is 2.71 bits per heavy atom. The van der Waals surface area contributed by atoms with Gasteiger partial charge >= 0.3 is 0 Å². The van der Waals surface area contributed by atoms with Crippen molar-refractivity contribution in [3.63, 3.8) is 0 Å². The van der Waals surface area contributed by atoms with Crippen molar-refractivity contribution in [3.05, 3.63) is 59.5 Å². The third-order valence-corrected chi connectivity index (χ3v) is 7.76. The lowest BCUT2D eigenvalue weighted by molar-refractivity contribution is -0.118. The van der Waals surface area contributed by atoms with Crippen LogP contribution in [0.1, 0.15) is 37.7 Å². The fraction of sp³-hybridized carbons (Fsp3) is 0.519. The van der Waals surface area contributed by atoms with Crippen LogP contribution in [0.4, 0.5) is 0 Å². The zero-order valence-electron chi connectivity index (χ0n) is 19.7. The molecule has 4 rings (SSSR count). The molecule has 1 aromatic carbocycles. The van der Waals surface area contributed by atoms with Crippen LogP contribution in [0.25, 0.3) is 10.4 Å². The molecular formula is C27H36N2O4S. The zero-order chi connectivity index (χ0) is 23.8. The van der Waals surface area contributed by atoms with E-state index in [1.54, 1.807) is 11.3 Å². The molecule has 34 heavy (non-hydrogen) atoms. The number of unbranched alkanes of at least 4 members (excludes halogenated alkanes) is 1. The molecule has 4 atom stereocenters. The minimum atomic E-state index is -0.405. The quantitative estimate of drug-likeness (QED) is 0.372. The maximum atomic E-state index is 11.0. The number of hydrogen-bond acceptors (Lipinski definition) is 6. The van der Waals surface area contributed by atoms with E-state index >= 15 is 0 Å². The van der Waals surface area contributed by atoms with Crippen molar-refractivity contribution in [2.24, 2.45) is 11.7 Å². The van der Waals surface area contributed by atoms with Gasteiger partial charge in [0.2, 0.25) is 5.91 Å². The molecular weight excluding hydrogens is 448 g/mol. The third-order valence-electron chi connectivity index (χ3n) is 6.84. The molecule has 0 unspecified atom stereocenters. The van der Waals surface area contributed by atoms with Crippen LogP contribution < -0.4 is 5.73 Å². The largest absolute Gasteiger partial charge is 0.391 e. The van der Waals surface area contributed by atoms with Crippen molar-refractivity contribution in [2.45, 2.75) is 57.0 Å². The molecule has 1 aliphatic heterocycles. The number of morpholine rings is 1. The average molecular weight is 485 g/mol. The number of nitrogens with two attached hydrogens (primary N) is 1. The van der Waals surface area contributed by atoms with Gasteiger partial charge in [0, 0.05) is 42.8 Å². The predicted octanol–water partition coefficient (Wildman–Crippen LogP) is 3.98. The van der Waals surface area contributed by atoms with Crippen LogP contribution in [0.15, 0.2) is 53.9 Å². The number of primary amides is 1. The van der Waals surface area contributed by atoms with Crippen LogP contribution in [0.3, 0.4) is 0 Å². The van der Waals surface area contributed by atoms with Gasteiger partial charge in [-0.1, -0.05) is 42.5 Å². The highest BCUT2D eigenvalue weighted by Crippen LogP contribution is 2.36. The molecule has 0 radical (unpaired) electrons. The second-order valence-corrected chi connectivity index (χ2v) is 10.1. The first-order valence-electron chi connectivity index (χ1n) is 12.3. The number of amides is 1. The molecule has 2 aliphatic rings. The molecule has 3 N–H and O–H groups in total. The summed E-state index contributed by atoms with van der Waals surface area (Å²) >= 11 is 1.74. The summed E-state index contributed by atoms with van der Waals surface area (Å²) in [6.07, 6.45) is 7.42. The first-order chi connectivity index (χ1) is 16.6. The average Bonchev–Trinajstić information content (AvgIpc) is 3.49. The lowest BCUT2D eigenvalue weighted by Gasteiger charge is -2.37. The van der Waals surface area contributed by atoms with E-state index in [1.807, 2.05) is 0 Å². The maximum absolute atomic E-state index is 11.0. The molecule has 1 aliphatic carbocycles. The fourth-order valence-electron chi connectivity index (χ4n) is 5.11. The molecule has 184 valence electrons. The maximum Gasteiger partial charge on any atom is 0.217 e. The summed E-state index contributed by atoms with van der Waals surface area (Å²) in [5.74, 6) is -0.0394. The minimum Gasteiger partial charge on any atom is -0.391 e. The molecule has 1 amide bonds. The van der Waals surface area contributed by atoms with Crippen LogP contribution in [-0.2, 0) is 20.9 Å². The second kappa shape index (κ2) is 12.6. The number of hydrogen-bond donors (Lipinski definition) is 2. The molecule has 0 spiro atoms. The van der Waals surface area contributed by atoms with Crippen molar-refractivity contribution in [3.8, 4) is 10.4 Å². The summed E-state index contributed by atoms with van der Waals surface area (Å²) in [6, 6.07) is 12.8. The molecule has 1 saturated carbocycles. The highest BCUT2D eigenvalue weighted by Gasteiger charge is 2.45. The van der Waals surface area contributed by atoms with Gasteiger partial charge in [-0.05, 0) is 41.8 Å². The third kappa shape index (κ3) is 6.77.